The van der Waals surface area contributed by atoms with Gasteiger partial charge in [0.1, 0.15) is 0 Å². The molecule has 0 unspecified atom stereocenters. The zero-order valence-corrected chi connectivity index (χ0v) is 7.87. The van der Waals surface area contributed by atoms with Gasteiger partial charge in [0, 0.05) is 15.5 Å². The molecular formula is HNO6P2Tc. The van der Waals surface area contributed by atoms with Crippen LogP contribution in [0.3, 0.4) is 0 Å². The first-order valence-corrected chi connectivity index (χ1v) is 4.63. The molecule has 1 N–H and O–H groups in total. The summed E-state index contributed by atoms with van der Waals surface area (Å²) in [6.07, 6.45) is 0. The fourth-order valence-electron chi connectivity index (χ4n) is 0.150. The van der Waals surface area contributed by atoms with E-state index in [0.29, 0.717) is 4.86 Å². The second kappa shape index (κ2) is 4.07. The summed E-state index contributed by atoms with van der Waals surface area (Å²) >= 11 is 0. The number of nitrogens with one attached hydrogen (secondary N) is 1. The van der Waals surface area contributed by atoms with Crippen molar-refractivity contribution in [2.45, 2.75) is 0 Å². The van der Waals surface area contributed by atoms with Crippen LogP contribution >= 0.6 is 15.5 Å². The van der Waals surface area contributed by atoms with Gasteiger partial charge < -0.3 is 28.7 Å². The van der Waals surface area contributed by atoms with Gasteiger partial charge >= 0.3 is 20.1 Å². The summed E-state index contributed by atoms with van der Waals surface area (Å²) in [6, 6.07) is 0. The van der Waals surface area contributed by atoms with E-state index in [1.807, 2.05) is 0 Å². The maximum atomic E-state index is 9.44. The molecule has 59 valence electrons. The van der Waals surface area contributed by atoms with Crippen LogP contribution < -0.4 is 24.4 Å². The fraction of sp³-hybridized carbons (Fsp3) is 0. The summed E-state index contributed by atoms with van der Waals surface area (Å²) < 4.78 is 18.9. The smallest absolute Gasteiger partial charge is 0.799 e. The third kappa shape index (κ3) is 11.7. The fourth-order valence-corrected chi connectivity index (χ4v) is 1.35. The third-order valence-corrected chi connectivity index (χ3v) is 2.20. The van der Waals surface area contributed by atoms with Gasteiger partial charge in [-0.2, -0.15) is 0 Å². The van der Waals surface area contributed by atoms with Gasteiger partial charge in [0.25, 0.3) is 0 Å². The quantitative estimate of drug-likeness (QED) is 0.509. The minimum atomic E-state index is -5.43. The van der Waals surface area contributed by atoms with Gasteiger partial charge in [-0.25, -0.2) is 0 Å². The summed E-state index contributed by atoms with van der Waals surface area (Å²) in [5.41, 5.74) is 0. The van der Waals surface area contributed by atoms with E-state index >= 15 is 0 Å². The van der Waals surface area contributed by atoms with Crippen LogP contribution in [-0.4, -0.2) is 0 Å². The predicted octanol–water partition coefficient (Wildman–Crippen LogP) is -3.77. The molecule has 0 aromatic carbocycles. The first-order valence-electron chi connectivity index (χ1n) is 1.54. The predicted molar refractivity (Wildman–Crippen MR) is 18.3 cm³/mol. The normalized spacial score (nSPS) is 12.4. The van der Waals surface area contributed by atoms with E-state index in [-0.39, 0.29) is 20.1 Å². The Hall–Kier alpha value is 0.909. The van der Waals surface area contributed by atoms with E-state index < -0.39 is 15.5 Å². The summed E-state index contributed by atoms with van der Waals surface area (Å²) in [5.74, 6) is 0. The molecule has 0 aliphatic heterocycles. The number of hydrogen-bond acceptors (Lipinski definition) is 6. The molecule has 0 bridgehead atoms. The molecule has 10 heteroatoms. The molecule has 0 saturated heterocycles. The van der Waals surface area contributed by atoms with E-state index in [2.05, 4.69) is 0 Å². The van der Waals surface area contributed by atoms with Crippen LogP contribution in [0.15, 0.2) is 0 Å². The van der Waals surface area contributed by atoms with Gasteiger partial charge in [0.15, 0.2) is 0 Å². The molecular weight excluding hydrogens is 271 g/mol. The van der Waals surface area contributed by atoms with Crippen LogP contribution in [-0.2, 0) is 29.2 Å². The number of hydrogen-bond donors (Lipinski definition) is 1. The van der Waals surface area contributed by atoms with Crippen molar-refractivity contribution in [3.8, 4) is 0 Å². The molecule has 0 spiro atoms. The average molecular weight is 272 g/mol. The summed E-state index contributed by atoms with van der Waals surface area (Å²) in [7, 11) is -10.9. The van der Waals surface area contributed by atoms with Crippen LogP contribution in [0.2, 0.25) is 0 Å². The van der Waals surface area contributed by atoms with Crippen molar-refractivity contribution < 1.29 is 48.8 Å². The van der Waals surface area contributed by atoms with Gasteiger partial charge in [0.05, 0.1) is 0 Å². The Balaban J connectivity index is 0. The minimum Gasteiger partial charge on any atom is -0.799 e. The SMILES string of the molecule is O=P([O-])([O-])NP(=O)([O-])[O-].[99Tc+4]. The third-order valence-electron chi connectivity index (χ3n) is 0.245. The summed E-state index contributed by atoms with van der Waals surface area (Å²) in [4.78, 5) is 38.1. The molecule has 0 fully saturated rings. The van der Waals surface area contributed by atoms with Crippen molar-refractivity contribution in [3.63, 3.8) is 0 Å². The Morgan fingerprint density at radius 1 is 0.900 bits per heavy atom. The van der Waals surface area contributed by atoms with E-state index in [4.69, 9.17) is 0 Å². The number of rotatable bonds is 2. The molecule has 0 rings (SSSR count). The van der Waals surface area contributed by atoms with Crippen molar-refractivity contribution in [2.24, 2.45) is 0 Å². The summed E-state index contributed by atoms with van der Waals surface area (Å²) in [5, 5.41) is 0. The molecule has 0 atom stereocenters. The standard InChI is InChI=1S/H5NO6P2.Tc/c2-8(3,4)1-9(5,6)7;/h(H5,1,2,3,4,5,6,7);/q;+4/p-4/i;1+1. The van der Waals surface area contributed by atoms with E-state index in [1.165, 1.54) is 0 Å². The first-order chi connectivity index (χ1) is 3.71. The van der Waals surface area contributed by atoms with Crippen molar-refractivity contribution in [3.05, 3.63) is 0 Å². The van der Waals surface area contributed by atoms with Crippen LogP contribution in [0.4, 0.5) is 0 Å². The van der Waals surface area contributed by atoms with Gasteiger partial charge in [-0.3, -0.25) is 4.86 Å². The van der Waals surface area contributed by atoms with Gasteiger partial charge in [0.2, 0.25) is 0 Å². The second-order valence-electron chi connectivity index (χ2n) is 1.09. The maximum Gasteiger partial charge on any atom is 4.00 e. The molecule has 0 aliphatic rings. The monoisotopic (exact) mass is 272 g/mol. The minimum absolute atomic E-state index is 0. The van der Waals surface area contributed by atoms with E-state index in [1.54, 1.807) is 0 Å². The van der Waals surface area contributed by atoms with Gasteiger partial charge in [-0.1, -0.05) is 0 Å². The Morgan fingerprint density at radius 2 is 1.10 bits per heavy atom. The van der Waals surface area contributed by atoms with Crippen LogP contribution in [0.1, 0.15) is 0 Å². The van der Waals surface area contributed by atoms with Gasteiger partial charge in [-0.15, -0.1) is 0 Å². The van der Waals surface area contributed by atoms with Crippen LogP contribution in [0.25, 0.3) is 0 Å². The first kappa shape index (κ1) is 13.5. The Bertz CT molecular complexity index is 156. The van der Waals surface area contributed by atoms with Crippen LogP contribution in [0, 0.1) is 0 Å². The Kier molecular flexibility index (Phi) is 5.49. The molecule has 0 heterocycles. The molecule has 0 amide bonds. The molecule has 0 aromatic rings. The molecule has 0 aliphatic carbocycles. The van der Waals surface area contributed by atoms with Crippen molar-refractivity contribution in [1.82, 2.24) is 4.86 Å². The molecule has 7 nitrogen and oxygen atoms in total. The molecule has 10 heavy (non-hydrogen) atoms. The van der Waals surface area contributed by atoms with E-state index in [9.17, 15) is 28.7 Å². The Morgan fingerprint density at radius 3 is 1.10 bits per heavy atom. The van der Waals surface area contributed by atoms with Crippen molar-refractivity contribution in [2.75, 3.05) is 0 Å². The summed E-state index contributed by atoms with van der Waals surface area (Å²) in [6.45, 7) is 0. The Labute approximate surface area is 69.6 Å². The zero-order chi connectivity index (χ0) is 7.71. The maximum absolute atomic E-state index is 9.44. The molecule has 0 saturated carbocycles. The molecule has 0 aromatic heterocycles. The largest absolute Gasteiger partial charge is 4.00 e. The van der Waals surface area contributed by atoms with E-state index in [0.717, 1.165) is 0 Å². The van der Waals surface area contributed by atoms with Crippen molar-refractivity contribution >= 4 is 15.5 Å². The molecule has 1 radical (unpaired) electrons. The van der Waals surface area contributed by atoms with Crippen molar-refractivity contribution in [1.29, 1.82) is 0 Å². The van der Waals surface area contributed by atoms with Gasteiger partial charge in [-0.05, 0) is 0 Å². The second-order valence-corrected chi connectivity index (χ2v) is 3.88. The topological polar surface area (TPSA) is 138 Å². The zero-order valence-electron chi connectivity index (χ0n) is 4.22. The average Bonchev–Trinajstić information content (AvgIpc) is 1.14. The van der Waals surface area contributed by atoms with Crippen LogP contribution in [0.5, 0.6) is 0 Å².